The summed E-state index contributed by atoms with van der Waals surface area (Å²) in [7, 11) is 2.93. The van der Waals surface area contributed by atoms with Gasteiger partial charge in [-0.05, 0) is 37.1 Å². The van der Waals surface area contributed by atoms with Crippen molar-refractivity contribution in [3.8, 4) is 0 Å². The average Bonchev–Trinajstić information content (AvgIpc) is 2.79. The van der Waals surface area contributed by atoms with Gasteiger partial charge in [-0.2, -0.15) is 0 Å². The molecule has 0 aliphatic carbocycles. The van der Waals surface area contributed by atoms with E-state index in [1.807, 2.05) is 24.3 Å². The fourth-order valence-corrected chi connectivity index (χ4v) is 3.04. The van der Waals surface area contributed by atoms with Gasteiger partial charge in [0.1, 0.15) is 0 Å². The molecule has 0 unspecified atom stereocenters. The molecule has 6 heteroatoms. The maximum Gasteiger partial charge on any atom is 0.340 e. The van der Waals surface area contributed by atoms with Crippen molar-refractivity contribution >= 4 is 33.9 Å². The number of carbonyl (C=O) groups excluding carboxylic acids is 2. The first-order valence-corrected chi connectivity index (χ1v) is 8.36. The Hall–Kier alpha value is -1.92. The van der Waals surface area contributed by atoms with Gasteiger partial charge in [-0.15, -0.1) is 0 Å². The fraction of sp³-hybridized carbons (Fsp3) is 0.333. The lowest BCUT2D eigenvalue weighted by Gasteiger charge is -2.17. The van der Waals surface area contributed by atoms with Crippen LogP contribution in [0.5, 0.6) is 0 Å². The summed E-state index contributed by atoms with van der Waals surface area (Å²) in [6.45, 7) is 2.81. The zero-order valence-corrected chi connectivity index (χ0v) is 15.6. The zero-order chi connectivity index (χ0) is 17.7. The van der Waals surface area contributed by atoms with Crippen LogP contribution in [0.3, 0.4) is 0 Å². The van der Waals surface area contributed by atoms with Gasteiger partial charge in [-0.3, -0.25) is 4.79 Å². The summed E-state index contributed by atoms with van der Waals surface area (Å²) in [4.78, 5) is 26.6. The van der Waals surface area contributed by atoms with Gasteiger partial charge in [0.05, 0.1) is 18.3 Å². The number of methoxy groups -OCH3 is 2. The molecule has 2 rings (SSSR count). The highest BCUT2D eigenvalue weighted by Gasteiger charge is 2.36. The van der Waals surface area contributed by atoms with Crippen LogP contribution in [0.1, 0.15) is 18.9 Å². The van der Waals surface area contributed by atoms with Crippen LogP contribution in [0.2, 0.25) is 0 Å². The zero-order valence-electron chi connectivity index (χ0n) is 14.0. The van der Waals surface area contributed by atoms with Gasteiger partial charge in [0.15, 0.2) is 0 Å². The Labute approximate surface area is 150 Å². The minimum absolute atomic E-state index is 0.191. The Morgan fingerprint density at radius 2 is 2.08 bits per heavy atom. The highest BCUT2D eigenvalue weighted by atomic mass is 79.9. The molecule has 1 aliphatic rings. The first kappa shape index (κ1) is 18.4. The van der Waals surface area contributed by atoms with Crippen molar-refractivity contribution in [1.29, 1.82) is 0 Å². The fourth-order valence-electron chi connectivity index (χ4n) is 2.63. The Morgan fingerprint density at radius 1 is 1.33 bits per heavy atom. The molecule has 1 aliphatic heterocycles. The molecule has 0 N–H and O–H groups in total. The molecule has 0 spiro atoms. The van der Waals surface area contributed by atoms with Gasteiger partial charge in [0.2, 0.25) is 0 Å². The molecular weight excluding hydrogens is 374 g/mol. The molecule has 0 atom stereocenters. The van der Waals surface area contributed by atoms with E-state index in [1.54, 1.807) is 25.0 Å². The maximum absolute atomic E-state index is 12.8. The second-order valence-corrected chi connectivity index (χ2v) is 6.28. The van der Waals surface area contributed by atoms with Crippen LogP contribution in [-0.4, -0.2) is 44.1 Å². The third kappa shape index (κ3) is 3.94. The number of esters is 1. The Morgan fingerprint density at radius 3 is 2.71 bits per heavy atom. The number of allylic oxidation sites excluding steroid dienone is 1. The Kier molecular flexibility index (Phi) is 6.34. The third-order valence-electron chi connectivity index (χ3n) is 3.79. The molecule has 0 saturated heterocycles. The molecule has 1 aromatic carbocycles. The monoisotopic (exact) mass is 393 g/mol. The van der Waals surface area contributed by atoms with Crippen LogP contribution < -0.4 is 0 Å². The lowest BCUT2D eigenvalue weighted by molar-refractivity contribution is -0.136. The van der Waals surface area contributed by atoms with E-state index in [0.29, 0.717) is 36.4 Å². The van der Waals surface area contributed by atoms with E-state index < -0.39 is 5.97 Å². The van der Waals surface area contributed by atoms with Crippen molar-refractivity contribution in [2.75, 3.05) is 27.4 Å². The van der Waals surface area contributed by atoms with Crippen molar-refractivity contribution in [3.63, 3.8) is 0 Å². The SMILES string of the molecule is COCCCN1C(=O)C(=Cc2cccc(Br)c2)C(C(=O)OC)=C1C. The Balaban J connectivity index is 2.41. The minimum atomic E-state index is -0.503. The smallest absolute Gasteiger partial charge is 0.340 e. The van der Waals surface area contributed by atoms with Gasteiger partial charge in [-0.1, -0.05) is 28.1 Å². The molecule has 24 heavy (non-hydrogen) atoms. The Bertz CT molecular complexity index is 709. The van der Waals surface area contributed by atoms with E-state index in [0.717, 1.165) is 10.0 Å². The summed E-state index contributed by atoms with van der Waals surface area (Å²) in [6.07, 6.45) is 2.41. The summed E-state index contributed by atoms with van der Waals surface area (Å²) in [5, 5.41) is 0. The number of benzene rings is 1. The van der Waals surface area contributed by atoms with E-state index in [4.69, 9.17) is 9.47 Å². The van der Waals surface area contributed by atoms with E-state index >= 15 is 0 Å². The summed E-state index contributed by atoms with van der Waals surface area (Å²) >= 11 is 3.41. The maximum atomic E-state index is 12.8. The number of amides is 1. The van der Waals surface area contributed by atoms with E-state index in [1.165, 1.54) is 7.11 Å². The lowest BCUT2D eigenvalue weighted by Crippen LogP contribution is -2.26. The normalized spacial score (nSPS) is 16.2. The average molecular weight is 394 g/mol. The predicted octanol–water partition coefficient (Wildman–Crippen LogP) is 3.16. The molecule has 0 radical (unpaired) electrons. The number of carbonyl (C=O) groups is 2. The molecule has 0 fully saturated rings. The van der Waals surface area contributed by atoms with Gasteiger partial charge in [0, 0.05) is 30.4 Å². The first-order chi connectivity index (χ1) is 11.5. The second kappa shape index (κ2) is 8.26. The number of rotatable bonds is 6. The summed E-state index contributed by atoms with van der Waals surface area (Å²) < 4.78 is 10.8. The van der Waals surface area contributed by atoms with E-state index in [-0.39, 0.29) is 5.91 Å². The van der Waals surface area contributed by atoms with Gasteiger partial charge < -0.3 is 14.4 Å². The third-order valence-corrected chi connectivity index (χ3v) is 4.28. The molecule has 5 nitrogen and oxygen atoms in total. The number of nitrogens with zero attached hydrogens (tertiary/aromatic N) is 1. The summed E-state index contributed by atoms with van der Waals surface area (Å²) in [5.74, 6) is -0.694. The van der Waals surface area contributed by atoms with Gasteiger partial charge >= 0.3 is 5.97 Å². The van der Waals surface area contributed by atoms with E-state index in [2.05, 4.69) is 15.9 Å². The predicted molar refractivity (Wildman–Crippen MR) is 95.0 cm³/mol. The standard InChI is InChI=1S/C18H20BrNO4/c1-12-16(18(22)24-3)15(11-13-6-4-7-14(19)10-13)17(21)20(12)8-5-9-23-2/h4,6-7,10-11H,5,8-9H2,1-3H3. The number of halogens is 1. The molecule has 0 saturated carbocycles. The molecule has 0 aromatic heterocycles. The van der Waals surface area contributed by atoms with Crippen molar-refractivity contribution in [1.82, 2.24) is 4.90 Å². The van der Waals surface area contributed by atoms with E-state index in [9.17, 15) is 9.59 Å². The molecular formula is C18H20BrNO4. The van der Waals surface area contributed by atoms with Crippen LogP contribution >= 0.6 is 15.9 Å². The summed E-state index contributed by atoms with van der Waals surface area (Å²) in [5.41, 5.74) is 2.12. The van der Waals surface area contributed by atoms with Crippen LogP contribution in [0.25, 0.3) is 6.08 Å². The van der Waals surface area contributed by atoms with Crippen molar-refractivity contribution in [2.24, 2.45) is 0 Å². The minimum Gasteiger partial charge on any atom is -0.465 e. The topological polar surface area (TPSA) is 55.8 Å². The van der Waals surface area contributed by atoms with Crippen molar-refractivity contribution < 1.29 is 19.1 Å². The summed E-state index contributed by atoms with van der Waals surface area (Å²) in [6, 6.07) is 7.54. The highest BCUT2D eigenvalue weighted by Crippen LogP contribution is 2.32. The second-order valence-electron chi connectivity index (χ2n) is 5.37. The molecule has 1 amide bonds. The number of hydrogen-bond donors (Lipinski definition) is 0. The molecule has 1 heterocycles. The molecule has 128 valence electrons. The van der Waals surface area contributed by atoms with Crippen LogP contribution in [-0.2, 0) is 19.1 Å². The largest absolute Gasteiger partial charge is 0.465 e. The van der Waals surface area contributed by atoms with Crippen LogP contribution in [0, 0.1) is 0 Å². The molecule has 0 bridgehead atoms. The lowest BCUT2D eigenvalue weighted by atomic mass is 10.0. The quantitative estimate of drug-likeness (QED) is 0.423. The van der Waals surface area contributed by atoms with Gasteiger partial charge in [-0.25, -0.2) is 4.79 Å². The first-order valence-electron chi connectivity index (χ1n) is 7.57. The van der Waals surface area contributed by atoms with Crippen LogP contribution in [0.4, 0.5) is 0 Å². The highest BCUT2D eigenvalue weighted by molar-refractivity contribution is 9.10. The van der Waals surface area contributed by atoms with Gasteiger partial charge in [0.25, 0.3) is 5.91 Å². The van der Waals surface area contributed by atoms with Crippen molar-refractivity contribution in [2.45, 2.75) is 13.3 Å². The van der Waals surface area contributed by atoms with Crippen LogP contribution in [0.15, 0.2) is 45.6 Å². The number of hydrogen-bond acceptors (Lipinski definition) is 4. The van der Waals surface area contributed by atoms with Crippen molar-refractivity contribution in [3.05, 3.63) is 51.1 Å². The number of ether oxygens (including phenoxy) is 2. The molecule has 1 aromatic rings.